The van der Waals surface area contributed by atoms with Gasteiger partial charge >= 0.3 is 12.0 Å². The lowest BCUT2D eigenvalue weighted by Crippen LogP contribution is -2.58. The summed E-state index contributed by atoms with van der Waals surface area (Å²) >= 11 is 0. The van der Waals surface area contributed by atoms with Crippen molar-refractivity contribution in [2.45, 2.75) is 38.4 Å². The number of halogens is 2. The predicted molar refractivity (Wildman–Crippen MR) is 126 cm³/mol. The predicted octanol–water partition coefficient (Wildman–Crippen LogP) is 2.02. The summed E-state index contributed by atoms with van der Waals surface area (Å²) in [7, 11) is 2.89. The number of ether oxygens (including phenoxy) is 1. The van der Waals surface area contributed by atoms with E-state index in [9.17, 15) is 28.0 Å². The molecular weight excluding hydrogens is 476 g/mol. The van der Waals surface area contributed by atoms with E-state index in [1.807, 2.05) is 0 Å². The summed E-state index contributed by atoms with van der Waals surface area (Å²) in [5, 5.41) is 7.52. The van der Waals surface area contributed by atoms with Crippen LogP contribution in [0, 0.1) is 17.6 Å². The smallest absolute Gasteiger partial charge is 0.328 e. The SMILES string of the molecule is COC(=O)C(NC(=O)C1C(NC(=O)Nc2ccc(F)cc2F)CCN1C(=O)c1cccn1C)C(C)C. The van der Waals surface area contributed by atoms with E-state index in [1.54, 1.807) is 43.8 Å². The maximum Gasteiger partial charge on any atom is 0.328 e. The molecule has 1 aromatic carbocycles. The third-order valence-corrected chi connectivity index (χ3v) is 6.01. The summed E-state index contributed by atoms with van der Waals surface area (Å²) < 4.78 is 33.5. The second-order valence-electron chi connectivity index (χ2n) is 8.82. The molecule has 0 saturated carbocycles. The van der Waals surface area contributed by atoms with Crippen molar-refractivity contribution < 1.29 is 32.7 Å². The molecule has 3 N–H and O–H groups in total. The number of rotatable bonds is 7. The first-order valence-electron chi connectivity index (χ1n) is 11.4. The number of hydrogen-bond acceptors (Lipinski definition) is 5. The fourth-order valence-corrected chi connectivity index (χ4v) is 4.11. The van der Waals surface area contributed by atoms with Gasteiger partial charge < -0.3 is 30.2 Å². The van der Waals surface area contributed by atoms with Crippen LogP contribution < -0.4 is 16.0 Å². The van der Waals surface area contributed by atoms with Gasteiger partial charge in [0.1, 0.15) is 29.4 Å². The number of aromatic nitrogens is 1. The maximum absolute atomic E-state index is 14.0. The minimum absolute atomic E-state index is 0.141. The lowest BCUT2D eigenvalue weighted by molar-refractivity contribution is -0.146. The van der Waals surface area contributed by atoms with Crippen molar-refractivity contribution in [3.05, 3.63) is 53.9 Å². The van der Waals surface area contributed by atoms with E-state index in [2.05, 4.69) is 16.0 Å². The molecule has 194 valence electrons. The lowest BCUT2D eigenvalue weighted by Gasteiger charge is -2.30. The Morgan fingerprint density at radius 3 is 2.44 bits per heavy atom. The van der Waals surface area contributed by atoms with Crippen LogP contribution in [0.5, 0.6) is 0 Å². The number of nitrogens with zero attached hydrogens (tertiary/aromatic N) is 2. The Balaban J connectivity index is 1.84. The Bertz CT molecular complexity index is 1150. The molecule has 0 bridgehead atoms. The van der Waals surface area contributed by atoms with Crippen LogP contribution in [0.4, 0.5) is 19.3 Å². The summed E-state index contributed by atoms with van der Waals surface area (Å²) in [5.41, 5.74) is 0.0786. The van der Waals surface area contributed by atoms with E-state index in [1.165, 1.54) is 12.0 Å². The van der Waals surface area contributed by atoms with Crippen molar-refractivity contribution in [1.29, 1.82) is 0 Å². The van der Waals surface area contributed by atoms with E-state index >= 15 is 0 Å². The van der Waals surface area contributed by atoms with Crippen molar-refractivity contribution in [2.24, 2.45) is 13.0 Å². The molecule has 2 aromatic rings. The van der Waals surface area contributed by atoms with Crippen molar-refractivity contribution in [3.8, 4) is 0 Å². The highest BCUT2D eigenvalue weighted by Crippen LogP contribution is 2.23. The minimum Gasteiger partial charge on any atom is -0.467 e. The van der Waals surface area contributed by atoms with Gasteiger partial charge in [-0.1, -0.05) is 13.8 Å². The Hall–Kier alpha value is -3.96. The van der Waals surface area contributed by atoms with Gasteiger partial charge in [0, 0.05) is 25.9 Å². The number of hydrogen-bond donors (Lipinski definition) is 3. The number of nitrogens with one attached hydrogen (secondary N) is 3. The van der Waals surface area contributed by atoms with Gasteiger partial charge in [-0.05, 0) is 36.6 Å². The van der Waals surface area contributed by atoms with Crippen LogP contribution in [-0.2, 0) is 21.4 Å². The van der Waals surface area contributed by atoms with E-state index in [-0.39, 0.29) is 24.6 Å². The normalized spacial score (nSPS) is 18.0. The summed E-state index contributed by atoms with van der Waals surface area (Å²) in [6.07, 6.45) is 1.91. The van der Waals surface area contributed by atoms with Crippen LogP contribution in [0.2, 0.25) is 0 Å². The lowest BCUT2D eigenvalue weighted by atomic mass is 10.0. The molecule has 3 atom stereocenters. The number of aryl methyl sites for hydroxylation is 1. The van der Waals surface area contributed by atoms with Gasteiger partial charge in [-0.25, -0.2) is 18.4 Å². The van der Waals surface area contributed by atoms with E-state index in [0.717, 1.165) is 12.1 Å². The average Bonchev–Trinajstić information content (AvgIpc) is 3.44. The van der Waals surface area contributed by atoms with Crippen LogP contribution >= 0.6 is 0 Å². The molecule has 1 fully saturated rings. The Morgan fingerprint density at radius 1 is 1.14 bits per heavy atom. The first kappa shape index (κ1) is 26.6. The Morgan fingerprint density at radius 2 is 1.86 bits per heavy atom. The number of urea groups is 1. The first-order valence-corrected chi connectivity index (χ1v) is 11.4. The largest absolute Gasteiger partial charge is 0.467 e. The molecule has 2 heterocycles. The summed E-state index contributed by atoms with van der Waals surface area (Å²) in [6, 6.07) is 2.13. The molecule has 4 amide bonds. The molecule has 10 nitrogen and oxygen atoms in total. The monoisotopic (exact) mass is 505 g/mol. The second-order valence-corrected chi connectivity index (χ2v) is 8.82. The molecule has 1 aromatic heterocycles. The number of likely N-dealkylation sites (tertiary alicyclic amines) is 1. The highest BCUT2D eigenvalue weighted by molar-refractivity contribution is 5.99. The quantitative estimate of drug-likeness (QED) is 0.497. The summed E-state index contributed by atoms with van der Waals surface area (Å²) in [5.74, 6) is -3.81. The zero-order chi connectivity index (χ0) is 26.6. The molecule has 1 aliphatic rings. The molecule has 0 spiro atoms. The fraction of sp³-hybridized carbons (Fsp3) is 0.417. The van der Waals surface area contributed by atoms with E-state index in [4.69, 9.17) is 4.74 Å². The topological polar surface area (TPSA) is 122 Å². The average molecular weight is 506 g/mol. The van der Waals surface area contributed by atoms with Crippen LogP contribution in [0.15, 0.2) is 36.5 Å². The Kier molecular flexibility index (Phi) is 8.28. The van der Waals surface area contributed by atoms with Crippen LogP contribution in [0.25, 0.3) is 0 Å². The van der Waals surface area contributed by atoms with Crippen molar-refractivity contribution >= 4 is 29.5 Å². The highest BCUT2D eigenvalue weighted by Gasteiger charge is 2.44. The molecule has 0 aliphatic carbocycles. The summed E-state index contributed by atoms with van der Waals surface area (Å²) in [4.78, 5) is 52.8. The van der Waals surface area contributed by atoms with Gasteiger partial charge in [0.05, 0.1) is 18.8 Å². The zero-order valence-electron chi connectivity index (χ0n) is 20.4. The molecule has 1 saturated heterocycles. The van der Waals surface area contributed by atoms with Crippen molar-refractivity contribution in [2.75, 3.05) is 19.0 Å². The Labute approximate surface area is 207 Å². The van der Waals surface area contributed by atoms with Gasteiger partial charge in [-0.2, -0.15) is 0 Å². The number of methoxy groups -OCH3 is 1. The van der Waals surface area contributed by atoms with Crippen LogP contribution in [0.1, 0.15) is 30.8 Å². The minimum atomic E-state index is -1.16. The molecular formula is C24H29F2N5O5. The third kappa shape index (κ3) is 5.81. The molecule has 0 radical (unpaired) electrons. The summed E-state index contributed by atoms with van der Waals surface area (Å²) in [6.45, 7) is 3.59. The number of benzene rings is 1. The molecule has 36 heavy (non-hydrogen) atoms. The zero-order valence-corrected chi connectivity index (χ0v) is 20.4. The molecule has 3 rings (SSSR count). The number of anilines is 1. The van der Waals surface area contributed by atoms with Crippen LogP contribution in [-0.4, -0.2) is 65.1 Å². The highest BCUT2D eigenvalue weighted by atomic mass is 19.1. The van der Waals surface area contributed by atoms with E-state index < -0.39 is 53.6 Å². The van der Waals surface area contributed by atoms with Crippen molar-refractivity contribution in [3.63, 3.8) is 0 Å². The first-order chi connectivity index (χ1) is 17.0. The molecule has 12 heteroatoms. The third-order valence-electron chi connectivity index (χ3n) is 6.01. The second kappa shape index (κ2) is 11.2. The number of esters is 1. The van der Waals surface area contributed by atoms with Gasteiger partial charge in [0.2, 0.25) is 5.91 Å². The number of carbonyl (C=O) groups is 4. The van der Waals surface area contributed by atoms with Gasteiger partial charge in [-0.15, -0.1) is 0 Å². The standard InChI is InChI=1S/C24H29F2N5O5/c1-13(2)19(23(34)36-4)29-21(32)20-17(9-11-31(20)22(33)18-6-5-10-30(18)3)28-24(35)27-16-8-7-14(25)12-15(16)26/h5-8,10,12-13,17,19-20H,9,11H2,1-4H3,(H,29,32)(H2,27,28,35). The van der Waals surface area contributed by atoms with Gasteiger partial charge in [0.15, 0.2) is 0 Å². The van der Waals surface area contributed by atoms with Gasteiger partial charge in [-0.3, -0.25) is 9.59 Å². The molecule has 1 aliphatic heterocycles. The van der Waals surface area contributed by atoms with Crippen LogP contribution in [0.3, 0.4) is 0 Å². The van der Waals surface area contributed by atoms with Crippen molar-refractivity contribution in [1.82, 2.24) is 20.1 Å². The van der Waals surface area contributed by atoms with E-state index in [0.29, 0.717) is 11.8 Å². The number of carbonyl (C=O) groups excluding carboxylic acids is 4. The number of amides is 4. The fourth-order valence-electron chi connectivity index (χ4n) is 4.11. The van der Waals surface area contributed by atoms with Gasteiger partial charge in [0.25, 0.3) is 5.91 Å². The molecule has 3 unspecified atom stereocenters. The maximum atomic E-state index is 14.0.